The van der Waals surface area contributed by atoms with E-state index >= 15 is 0 Å². The van der Waals surface area contributed by atoms with Crippen LogP contribution in [-0.4, -0.2) is 16.5 Å². The molecule has 0 saturated heterocycles. The second kappa shape index (κ2) is 7.55. The number of anilines is 3. The summed E-state index contributed by atoms with van der Waals surface area (Å²) in [6.45, 7) is 2.77. The quantitative estimate of drug-likeness (QED) is 0.709. The van der Waals surface area contributed by atoms with E-state index < -0.39 is 0 Å². The van der Waals surface area contributed by atoms with Gasteiger partial charge >= 0.3 is 0 Å². The van der Waals surface area contributed by atoms with Gasteiger partial charge in [0.15, 0.2) is 0 Å². The smallest absolute Gasteiger partial charge is 0.135 e. The van der Waals surface area contributed by atoms with Gasteiger partial charge in [0.25, 0.3) is 0 Å². The zero-order valence-corrected chi connectivity index (χ0v) is 13.5. The SMILES string of the molecule is Cc1ccc(Nc2cc(NCCc3ccc(F)cc3)ncn2)cc1. The van der Waals surface area contributed by atoms with E-state index in [0.29, 0.717) is 6.54 Å². The van der Waals surface area contributed by atoms with E-state index in [1.165, 1.54) is 24.0 Å². The van der Waals surface area contributed by atoms with Gasteiger partial charge in [-0.2, -0.15) is 0 Å². The van der Waals surface area contributed by atoms with Crippen LogP contribution in [0.5, 0.6) is 0 Å². The Balaban J connectivity index is 1.56. The van der Waals surface area contributed by atoms with Crippen LogP contribution in [0.1, 0.15) is 11.1 Å². The second-order valence-corrected chi connectivity index (χ2v) is 5.58. The molecule has 0 saturated carbocycles. The van der Waals surface area contributed by atoms with E-state index in [9.17, 15) is 4.39 Å². The van der Waals surface area contributed by atoms with Crippen molar-refractivity contribution < 1.29 is 4.39 Å². The topological polar surface area (TPSA) is 49.8 Å². The van der Waals surface area contributed by atoms with Gasteiger partial charge in [0.2, 0.25) is 0 Å². The third-order valence-electron chi connectivity index (χ3n) is 3.62. The number of aryl methyl sites for hydroxylation is 1. The molecular formula is C19H19FN4. The lowest BCUT2D eigenvalue weighted by Crippen LogP contribution is -2.07. The number of rotatable bonds is 6. The summed E-state index contributed by atoms with van der Waals surface area (Å²) in [5.74, 6) is 1.27. The van der Waals surface area contributed by atoms with Crippen molar-refractivity contribution in [3.05, 3.63) is 77.9 Å². The Hall–Kier alpha value is -2.95. The Morgan fingerprint density at radius 2 is 1.62 bits per heavy atom. The van der Waals surface area contributed by atoms with E-state index in [1.807, 2.05) is 30.3 Å². The van der Waals surface area contributed by atoms with Crippen LogP contribution in [0, 0.1) is 12.7 Å². The molecule has 0 aliphatic carbocycles. The lowest BCUT2D eigenvalue weighted by Gasteiger charge is -2.09. The Morgan fingerprint density at radius 3 is 2.38 bits per heavy atom. The molecule has 0 spiro atoms. The molecule has 0 atom stereocenters. The van der Waals surface area contributed by atoms with Crippen molar-refractivity contribution in [2.75, 3.05) is 17.2 Å². The van der Waals surface area contributed by atoms with Crippen molar-refractivity contribution in [3.8, 4) is 0 Å². The standard InChI is InChI=1S/C19H19FN4/c1-14-2-8-17(9-3-14)24-19-12-18(22-13-23-19)21-11-10-15-4-6-16(20)7-5-15/h2-9,12-13H,10-11H2,1H3,(H2,21,22,23,24). The van der Waals surface area contributed by atoms with E-state index in [2.05, 4.69) is 27.5 Å². The first-order valence-corrected chi connectivity index (χ1v) is 7.83. The fraction of sp³-hybridized carbons (Fsp3) is 0.158. The fourth-order valence-electron chi connectivity index (χ4n) is 2.29. The number of nitrogens with one attached hydrogen (secondary N) is 2. The van der Waals surface area contributed by atoms with Crippen LogP contribution < -0.4 is 10.6 Å². The minimum Gasteiger partial charge on any atom is -0.370 e. The van der Waals surface area contributed by atoms with E-state index in [4.69, 9.17) is 0 Å². The highest BCUT2D eigenvalue weighted by Crippen LogP contribution is 2.16. The summed E-state index contributed by atoms with van der Waals surface area (Å²) < 4.78 is 12.9. The average molecular weight is 322 g/mol. The largest absolute Gasteiger partial charge is 0.370 e. The number of hydrogen-bond acceptors (Lipinski definition) is 4. The van der Waals surface area contributed by atoms with Crippen molar-refractivity contribution in [2.45, 2.75) is 13.3 Å². The highest BCUT2D eigenvalue weighted by Gasteiger charge is 2.00. The van der Waals surface area contributed by atoms with Gasteiger partial charge in [-0.15, -0.1) is 0 Å². The van der Waals surface area contributed by atoms with Gasteiger partial charge in [-0.25, -0.2) is 14.4 Å². The number of hydrogen-bond donors (Lipinski definition) is 2. The minimum atomic E-state index is -0.214. The Kier molecular flexibility index (Phi) is 5.01. The van der Waals surface area contributed by atoms with Crippen molar-refractivity contribution in [1.82, 2.24) is 9.97 Å². The molecule has 0 aliphatic heterocycles. The molecule has 5 heteroatoms. The summed E-state index contributed by atoms with van der Waals surface area (Å²) >= 11 is 0. The van der Waals surface area contributed by atoms with Gasteiger partial charge in [-0.05, 0) is 43.2 Å². The average Bonchev–Trinajstić information content (AvgIpc) is 2.59. The van der Waals surface area contributed by atoms with Gasteiger partial charge in [0, 0.05) is 18.3 Å². The predicted octanol–water partition coefficient (Wildman–Crippen LogP) is 4.32. The first-order chi connectivity index (χ1) is 11.7. The van der Waals surface area contributed by atoms with Crippen molar-refractivity contribution in [3.63, 3.8) is 0 Å². The lowest BCUT2D eigenvalue weighted by molar-refractivity contribution is 0.627. The minimum absolute atomic E-state index is 0.214. The zero-order valence-electron chi connectivity index (χ0n) is 13.5. The molecule has 122 valence electrons. The fourth-order valence-corrected chi connectivity index (χ4v) is 2.29. The van der Waals surface area contributed by atoms with Crippen molar-refractivity contribution in [1.29, 1.82) is 0 Å². The summed E-state index contributed by atoms with van der Waals surface area (Å²) in [5, 5.41) is 6.51. The van der Waals surface area contributed by atoms with Crippen molar-refractivity contribution in [2.24, 2.45) is 0 Å². The number of halogens is 1. The monoisotopic (exact) mass is 322 g/mol. The third kappa shape index (κ3) is 4.52. The summed E-state index contributed by atoms with van der Waals surface area (Å²) in [4.78, 5) is 8.45. The van der Waals surface area contributed by atoms with Gasteiger partial charge in [-0.1, -0.05) is 29.8 Å². The first-order valence-electron chi connectivity index (χ1n) is 7.83. The predicted molar refractivity (Wildman–Crippen MR) is 95.1 cm³/mol. The molecule has 0 amide bonds. The maximum Gasteiger partial charge on any atom is 0.135 e. The van der Waals surface area contributed by atoms with E-state index in [1.54, 1.807) is 12.1 Å². The molecule has 1 heterocycles. The van der Waals surface area contributed by atoms with Crippen LogP contribution in [0.25, 0.3) is 0 Å². The molecule has 0 unspecified atom stereocenters. The van der Waals surface area contributed by atoms with E-state index in [0.717, 1.165) is 29.3 Å². The summed E-state index contributed by atoms with van der Waals surface area (Å²) in [6.07, 6.45) is 2.32. The molecule has 3 rings (SSSR count). The lowest BCUT2D eigenvalue weighted by atomic mass is 10.1. The Labute approximate surface area is 140 Å². The highest BCUT2D eigenvalue weighted by molar-refractivity contribution is 5.59. The van der Waals surface area contributed by atoms with E-state index in [-0.39, 0.29) is 5.82 Å². The molecular weight excluding hydrogens is 303 g/mol. The number of aromatic nitrogens is 2. The molecule has 0 radical (unpaired) electrons. The van der Waals surface area contributed by atoms with Gasteiger partial charge < -0.3 is 10.6 Å². The Morgan fingerprint density at radius 1 is 0.917 bits per heavy atom. The molecule has 2 N–H and O–H groups in total. The van der Waals surface area contributed by atoms with Crippen LogP contribution in [-0.2, 0) is 6.42 Å². The van der Waals surface area contributed by atoms with Crippen LogP contribution in [0.4, 0.5) is 21.7 Å². The summed E-state index contributed by atoms with van der Waals surface area (Å²) in [7, 11) is 0. The van der Waals surface area contributed by atoms with Crippen LogP contribution in [0.15, 0.2) is 60.9 Å². The maximum absolute atomic E-state index is 12.9. The molecule has 0 bridgehead atoms. The van der Waals surface area contributed by atoms with Crippen LogP contribution in [0.3, 0.4) is 0 Å². The maximum atomic E-state index is 12.9. The van der Waals surface area contributed by atoms with Crippen LogP contribution >= 0.6 is 0 Å². The van der Waals surface area contributed by atoms with Gasteiger partial charge in [-0.3, -0.25) is 0 Å². The third-order valence-corrected chi connectivity index (χ3v) is 3.62. The first kappa shape index (κ1) is 15.9. The van der Waals surface area contributed by atoms with Crippen molar-refractivity contribution >= 4 is 17.3 Å². The molecule has 1 aromatic heterocycles. The number of benzene rings is 2. The normalized spacial score (nSPS) is 10.4. The highest BCUT2D eigenvalue weighted by atomic mass is 19.1. The Bertz CT molecular complexity index is 785. The van der Waals surface area contributed by atoms with Gasteiger partial charge in [0.1, 0.15) is 23.8 Å². The molecule has 3 aromatic rings. The molecule has 0 aliphatic rings. The summed E-state index contributed by atoms with van der Waals surface area (Å²) in [6, 6.07) is 16.5. The zero-order chi connectivity index (χ0) is 16.8. The molecule has 4 nitrogen and oxygen atoms in total. The second-order valence-electron chi connectivity index (χ2n) is 5.58. The van der Waals surface area contributed by atoms with Crippen LogP contribution in [0.2, 0.25) is 0 Å². The molecule has 24 heavy (non-hydrogen) atoms. The summed E-state index contributed by atoms with van der Waals surface area (Å²) in [5.41, 5.74) is 3.28. The molecule has 0 fully saturated rings. The molecule has 2 aromatic carbocycles. The van der Waals surface area contributed by atoms with Gasteiger partial charge in [0.05, 0.1) is 0 Å². The number of nitrogens with zero attached hydrogens (tertiary/aromatic N) is 2.